The van der Waals surface area contributed by atoms with Crippen molar-refractivity contribution in [2.75, 3.05) is 5.75 Å². The molecule has 1 nitrogen and oxygen atoms in total. The van der Waals surface area contributed by atoms with Gasteiger partial charge in [-0.05, 0) is 49.7 Å². The van der Waals surface area contributed by atoms with Gasteiger partial charge < -0.3 is 0 Å². The lowest BCUT2D eigenvalue weighted by Crippen LogP contribution is -2.02. The maximum Gasteiger partial charge on any atom is 0.173 e. The highest BCUT2D eigenvalue weighted by Gasteiger charge is 2.08. The normalized spacial score (nSPS) is 10.5. The van der Waals surface area contributed by atoms with E-state index < -0.39 is 0 Å². The van der Waals surface area contributed by atoms with Gasteiger partial charge in [0.2, 0.25) is 0 Å². The number of carbonyl (C=O) groups excluding carboxylic acids is 1. The molecule has 0 spiro atoms. The van der Waals surface area contributed by atoms with E-state index in [0.717, 1.165) is 0 Å². The van der Waals surface area contributed by atoms with Crippen molar-refractivity contribution < 1.29 is 4.79 Å². The number of rotatable bonds is 4. The van der Waals surface area contributed by atoms with E-state index in [1.165, 1.54) is 16.0 Å². The molecular formula is C16H15ClOS. The summed E-state index contributed by atoms with van der Waals surface area (Å²) in [6.45, 7) is 4.12. The van der Waals surface area contributed by atoms with Gasteiger partial charge in [-0.3, -0.25) is 4.79 Å². The summed E-state index contributed by atoms with van der Waals surface area (Å²) in [6.07, 6.45) is 0. The summed E-state index contributed by atoms with van der Waals surface area (Å²) in [5, 5.41) is 0.652. The molecule has 0 radical (unpaired) electrons. The number of halogens is 1. The Balaban J connectivity index is 2.04. The van der Waals surface area contributed by atoms with Crippen LogP contribution in [0.15, 0.2) is 47.4 Å². The first kappa shape index (κ1) is 14.2. The van der Waals surface area contributed by atoms with Gasteiger partial charge in [-0.1, -0.05) is 29.3 Å². The van der Waals surface area contributed by atoms with Gasteiger partial charge in [0.1, 0.15) is 0 Å². The maximum absolute atomic E-state index is 12.1. The molecule has 0 saturated carbocycles. The summed E-state index contributed by atoms with van der Waals surface area (Å²) in [7, 11) is 0. The lowest BCUT2D eigenvalue weighted by atomic mass is 10.1. The van der Waals surface area contributed by atoms with Gasteiger partial charge in [0.05, 0.1) is 5.75 Å². The average molecular weight is 291 g/mol. The third-order valence-corrected chi connectivity index (χ3v) is 4.28. The molecule has 0 amide bonds. The molecule has 0 saturated heterocycles. The summed E-state index contributed by atoms with van der Waals surface area (Å²) in [5.74, 6) is 0.578. The standard InChI is InChI=1S/C16H15ClOS/c1-11-3-4-12(2)16(9-11)19-10-15(18)13-5-7-14(17)8-6-13/h3-9H,10H2,1-2H3. The van der Waals surface area contributed by atoms with Gasteiger partial charge in [-0.2, -0.15) is 0 Å². The van der Waals surface area contributed by atoms with Crippen LogP contribution in [0.25, 0.3) is 0 Å². The van der Waals surface area contributed by atoms with Gasteiger partial charge in [0.15, 0.2) is 5.78 Å². The summed E-state index contributed by atoms with van der Waals surface area (Å²) in [5.41, 5.74) is 3.13. The molecule has 2 aromatic carbocycles. The van der Waals surface area contributed by atoms with E-state index in [1.54, 1.807) is 36.0 Å². The first-order valence-corrected chi connectivity index (χ1v) is 7.41. The van der Waals surface area contributed by atoms with Crippen LogP contribution in [0.5, 0.6) is 0 Å². The van der Waals surface area contributed by atoms with Crippen LogP contribution in [-0.2, 0) is 0 Å². The molecule has 0 bridgehead atoms. The van der Waals surface area contributed by atoms with Gasteiger partial charge in [-0.25, -0.2) is 0 Å². The second-order valence-corrected chi connectivity index (χ2v) is 5.94. The van der Waals surface area contributed by atoms with Gasteiger partial charge in [-0.15, -0.1) is 11.8 Å². The first-order valence-electron chi connectivity index (χ1n) is 6.05. The smallest absolute Gasteiger partial charge is 0.173 e. The highest BCUT2D eigenvalue weighted by molar-refractivity contribution is 8.00. The van der Waals surface area contributed by atoms with Crippen molar-refractivity contribution in [2.45, 2.75) is 18.7 Å². The highest BCUT2D eigenvalue weighted by atomic mass is 35.5. The fourth-order valence-corrected chi connectivity index (χ4v) is 2.87. The molecular weight excluding hydrogens is 276 g/mol. The van der Waals surface area contributed by atoms with Crippen molar-refractivity contribution in [3.8, 4) is 0 Å². The Bertz CT molecular complexity index is 590. The molecule has 0 aliphatic carbocycles. The Morgan fingerprint density at radius 3 is 2.47 bits per heavy atom. The molecule has 0 N–H and O–H groups in total. The number of carbonyl (C=O) groups is 1. The third-order valence-electron chi connectivity index (χ3n) is 2.87. The topological polar surface area (TPSA) is 17.1 Å². The number of benzene rings is 2. The summed E-state index contributed by atoms with van der Waals surface area (Å²) in [4.78, 5) is 13.2. The zero-order valence-electron chi connectivity index (χ0n) is 10.9. The number of hydrogen-bond donors (Lipinski definition) is 0. The third kappa shape index (κ3) is 3.85. The molecule has 3 heteroatoms. The van der Waals surface area contributed by atoms with Crippen molar-refractivity contribution in [1.82, 2.24) is 0 Å². The van der Waals surface area contributed by atoms with Crippen molar-refractivity contribution in [1.29, 1.82) is 0 Å². The summed E-state index contributed by atoms with van der Waals surface area (Å²) < 4.78 is 0. The van der Waals surface area contributed by atoms with Crippen LogP contribution in [-0.4, -0.2) is 11.5 Å². The largest absolute Gasteiger partial charge is 0.293 e. The van der Waals surface area contributed by atoms with E-state index in [2.05, 4.69) is 32.0 Å². The predicted molar refractivity (Wildman–Crippen MR) is 82.4 cm³/mol. The Hall–Kier alpha value is -1.25. The Kier molecular flexibility index (Phi) is 4.67. The van der Waals surface area contributed by atoms with E-state index in [0.29, 0.717) is 16.3 Å². The number of aryl methyl sites for hydroxylation is 2. The van der Waals surface area contributed by atoms with E-state index >= 15 is 0 Å². The molecule has 0 aliphatic rings. The number of ketones is 1. The van der Waals surface area contributed by atoms with Crippen LogP contribution in [0, 0.1) is 13.8 Å². The van der Waals surface area contributed by atoms with Crippen LogP contribution in [0.2, 0.25) is 5.02 Å². The highest BCUT2D eigenvalue weighted by Crippen LogP contribution is 2.24. The molecule has 0 aliphatic heterocycles. The summed E-state index contributed by atoms with van der Waals surface area (Å²) in [6, 6.07) is 13.3. The fraction of sp³-hybridized carbons (Fsp3) is 0.188. The lowest BCUT2D eigenvalue weighted by Gasteiger charge is -2.06. The Labute approximate surface area is 123 Å². The van der Waals surface area contributed by atoms with Gasteiger partial charge in [0, 0.05) is 15.5 Å². The number of thioether (sulfide) groups is 1. The average Bonchev–Trinajstić information content (AvgIpc) is 2.40. The minimum Gasteiger partial charge on any atom is -0.293 e. The fourth-order valence-electron chi connectivity index (χ4n) is 1.73. The van der Waals surface area contributed by atoms with Crippen LogP contribution < -0.4 is 0 Å². The van der Waals surface area contributed by atoms with Gasteiger partial charge >= 0.3 is 0 Å². The van der Waals surface area contributed by atoms with Crippen LogP contribution >= 0.6 is 23.4 Å². The second kappa shape index (κ2) is 6.27. The molecule has 0 unspecified atom stereocenters. The molecule has 0 fully saturated rings. The van der Waals surface area contributed by atoms with E-state index in [9.17, 15) is 4.79 Å². The molecule has 2 rings (SSSR count). The van der Waals surface area contributed by atoms with E-state index in [-0.39, 0.29) is 5.78 Å². The SMILES string of the molecule is Cc1ccc(C)c(SCC(=O)c2ccc(Cl)cc2)c1. The first-order chi connectivity index (χ1) is 9.06. The molecule has 0 atom stereocenters. The molecule has 98 valence electrons. The Morgan fingerprint density at radius 2 is 1.79 bits per heavy atom. The number of Topliss-reactive ketones (excluding diaryl/α,β-unsaturated/α-hetero) is 1. The Morgan fingerprint density at radius 1 is 1.11 bits per heavy atom. The van der Waals surface area contributed by atoms with E-state index in [4.69, 9.17) is 11.6 Å². The summed E-state index contributed by atoms with van der Waals surface area (Å²) >= 11 is 7.40. The van der Waals surface area contributed by atoms with Crippen molar-refractivity contribution >= 4 is 29.1 Å². The van der Waals surface area contributed by atoms with Crippen molar-refractivity contribution in [3.63, 3.8) is 0 Å². The monoisotopic (exact) mass is 290 g/mol. The van der Waals surface area contributed by atoms with Crippen molar-refractivity contribution in [2.24, 2.45) is 0 Å². The van der Waals surface area contributed by atoms with Crippen LogP contribution in [0.3, 0.4) is 0 Å². The zero-order valence-corrected chi connectivity index (χ0v) is 12.5. The maximum atomic E-state index is 12.1. The second-order valence-electron chi connectivity index (χ2n) is 4.49. The van der Waals surface area contributed by atoms with E-state index in [1.807, 2.05) is 0 Å². The lowest BCUT2D eigenvalue weighted by molar-refractivity contribution is 0.102. The van der Waals surface area contributed by atoms with Crippen LogP contribution in [0.1, 0.15) is 21.5 Å². The van der Waals surface area contributed by atoms with Gasteiger partial charge in [0.25, 0.3) is 0 Å². The quantitative estimate of drug-likeness (QED) is 0.586. The van der Waals surface area contributed by atoms with Crippen LogP contribution in [0.4, 0.5) is 0 Å². The zero-order chi connectivity index (χ0) is 13.8. The molecule has 19 heavy (non-hydrogen) atoms. The predicted octanol–water partition coefficient (Wildman–Crippen LogP) is 4.93. The molecule has 2 aromatic rings. The molecule has 0 aromatic heterocycles. The number of hydrogen-bond acceptors (Lipinski definition) is 2. The van der Waals surface area contributed by atoms with Crippen molar-refractivity contribution in [3.05, 3.63) is 64.2 Å². The molecule has 0 heterocycles. The minimum atomic E-state index is 0.127. The minimum absolute atomic E-state index is 0.127.